The molecular formula is C15H16ClN3O. The average molecular weight is 290 g/mol. The Morgan fingerprint density at radius 2 is 2.20 bits per heavy atom. The Hall–Kier alpha value is -1.65. The van der Waals surface area contributed by atoms with E-state index < -0.39 is 0 Å². The molecule has 1 fully saturated rings. The molecule has 1 aliphatic rings. The number of nitrogens with zero attached hydrogens (tertiary/aromatic N) is 3. The van der Waals surface area contributed by atoms with Crippen LogP contribution < -0.4 is 4.90 Å². The lowest BCUT2D eigenvalue weighted by molar-refractivity contribution is 0.0408. The zero-order valence-corrected chi connectivity index (χ0v) is 11.8. The lowest BCUT2D eigenvalue weighted by atomic mass is 10.1. The first-order chi connectivity index (χ1) is 9.83. The van der Waals surface area contributed by atoms with Crippen molar-refractivity contribution in [1.82, 2.24) is 9.97 Å². The summed E-state index contributed by atoms with van der Waals surface area (Å²) in [5, 5.41) is 0.799. The molecule has 1 aliphatic heterocycles. The number of morpholine rings is 1. The largest absolute Gasteiger partial charge is 0.374 e. The molecule has 0 unspecified atom stereocenters. The fourth-order valence-corrected chi connectivity index (χ4v) is 2.63. The van der Waals surface area contributed by atoms with Crippen LogP contribution >= 0.6 is 11.6 Å². The van der Waals surface area contributed by atoms with Gasteiger partial charge < -0.3 is 9.64 Å². The summed E-state index contributed by atoms with van der Waals surface area (Å²) < 4.78 is 5.84. The van der Waals surface area contributed by atoms with E-state index in [4.69, 9.17) is 16.3 Å². The van der Waals surface area contributed by atoms with Crippen molar-refractivity contribution in [3.05, 3.63) is 53.4 Å². The third-order valence-electron chi connectivity index (χ3n) is 3.42. The predicted octanol–water partition coefficient (Wildman–Crippen LogP) is 2.58. The van der Waals surface area contributed by atoms with Gasteiger partial charge in [0.15, 0.2) is 0 Å². The first-order valence-electron chi connectivity index (χ1n) is 6.69. The Bertz CT molecular complexity index is 564. The highest BCUT2D eigenvalue weighted by atomic mass is 35.5. The molecule has 0 spiro atoms. The number of anilines is 1. The monoisotopic (exact) mass is 289 g/mol. The topological polar surface area (TPSA) is 38.2 Å². The molecular weight excluding hydrogens is 274 g/mol. The summed E-state index contributed by atoms with van der Waals surface area (Å²) in [5.41, 5.74) is 1.13. The van der Waals surface area contributed by atoms with Gasteiger partial charge in [-0.05, 0) is 11.6 Å². The minimum Gasteiger partial charge on any atom is -0.374 e. The number of halogens is 1. The summed E-state index contributed by atoms with van der Waals surface area (Å²) in [6, 6.07) is 7.91. The Morgan fingerprint density at radius 1 is 1.30 bits per heavy atom. The fraction of sp³-hybridized carbons (Fsp3) is 0.333. The molecule has 2 heterocycles. The van der Waals surface area contributed by atoms with E-state index in [1.807, 2.05) is 24.3 Å². The molecule has 2 aromatic rings. The first-order valence-corrected chi connectivity index (χ1v) is 7.06. The standard InChI is InChI=1S/C15H16ClN3O/c16-14-4-2-1-3-12(14)9-13-11-19(7-8-20-13)15-10-17-5-6-18-15/h1-6,10,13H,7-9,11H2/t13-/m0/s1. The van der Waals surface area contributed by atoms with E-state index >= 15 is 0 Å². The van der Waals surface area contributed by atoms with Crippen molar-refractivity contribution in [3.63, 3.8) is 0 Å². The Kier molecular flexibility index (Phi) is 4.14. The number of hydrogen-bond donors (Lipinski definition) is 0. The van der Waals surface area contributed by atoms with Gasteiger partial charge in [-0.2, -0.15) is 0 Å². The maximum Gasteiger partial charge on any atom is 0.147 e. The van der Waals surface area contributed by atoms with Crippen molar-refractivity contribution in [2.75, 3.05) is 24.6 Å². The second kappa shape index (κ2) is 6.20. The van der Waals surface area contributed by atoms with E-state index in [2.05, 4.69) is 14.9 Å². The quantitative estimate of drug-likeness (QED) is 0.870. The number of hydrogen-bond acceptors (Lipinski definition) is 4. The SMILES string of the molecule is Clc1ccccc1C[C@H]1CN(c2cnccn2)CCO1. The predicted molar refractivity (Wildman–Crippen MR) is 79.1 cm³/mol. The summed E-state index contributed by atoms with van der Waals surface area (Å²) >= 11 is 6.21. The molecule has 3 rings (SSSR count). The van der Waals surface area contributed by atoms with Gasteiger partial charge in [-0.1, -0.05) is 29.8 Å². The lowest BCUT2D eigenvalue weighted by Crippen LogP contribution is -2.43. The van der Waals surface area contributed by atoms with Crippen LogP contribution in [0.25, 0.3) is 0 Å². The van der Waals surface area contributed by atoms with Gasteiger partial charge >= 0.3 is 0 Å². The van der Waals surface area contributed by atoms with Gasteiger partial charge in [0.05, 0.1) is 18.9 Å². The summed E-state index contributed by atoms with van der Waals surface area (Å²) in [7, 11) is 0. The summed E-state index contributed by atoms with van der Waals surface area (Å²) in [6.45, 7) is 2.35. The fourth-order valence-electron chi connectivity index (χ4n) is 2.41. The van der Waals surface area contributed by atoms with E-state index in [-0.39, 0.29) is 6.10 Å². The molecule has 1 atom stereocenters. The van der Waals surface area contributed by atoms with E-state index in [9.17, 15) is 0 Å². The molecule has 0 saturated carbocycles. The van der Waals surface area contributed by atoms with Gasteiger partial charge in [-0.15, -0.1) is 0 Å². The average Bonchev–Trinajstić information content (AvgIpc) is 2.51. The van der Waals surface area contributed by atoms with Crippen LogP contribution in [0.4, 0.5) is 5.82 Å². The maximum absolute atomic E-state index is 6.21. The van der Waals surface area contributed by atoms with Gasteiger partial charge in [0.25, 0.3) is 0 Å². The normalized spacial score (nSPS) is 19.1. The van der Waals surface area contributed by atoms with Gasteiger partial charge in [0, 0.05) is 36.9 Å². The molecule has 104 valence electrons. The molecule has 0 radical (unpaired) electrons. The summed E-state index contributed by atoms with van der Waals surface area (Å²) in [4.78, 5) is 10.7. The number of aromatic nitrogens is 2. The maximum atomic E-state index is 6.21. The molecule has 5 heteroatoms. The first kappa shape index (κ1) is 13.3. The highest BCUT2D eigenvalue weighted by Gasteiger charge is 2.22. The van der Waals surface area contributed by atoms with Gasteiger partial charge in [0.2, 0.25) is 0 Å². The molecule has 0 aliphatic carbocycles. The minimum atomic E-state index is 0.130. The third kappa shape index (κ3) is 3.08. The van der Waals surface area contributed by atoms with Crippen LogP contribution in [0.5, 0.6) is 0 Å². The molecule has 1 aromatic carbocycles. The Morgan fingerprint density at radius 3 is 3.00 bits per heavy atom. The molecule has 0 bridgehead atoms. The molecule has 20 heavy (non-hydrogen) atoms. The van der Waals surface area contributed by atoms with Crippen LogP contribution in [0.1, 0.15) is 5.56 Å². The molecule has 0 N–H and O–H groups in total. The van der Waals surface area contributed by atoms with Crippen molar-refractivity contribution >= 4 is 17.4 Å². The number of rotatable bonds is 3. The molecule has 4 nitrogen and oxygen atoms in total. The van der Waals surface area contributed by atoms with Crippen molar-refractivity contribution in [2.24, 2.45) is 0 Å². The van der Waals surface area contributed by atoms with Crippen LogP contribution in [0.15, 0.2) is 42.9 Å². The highest BCUT2D eigenvalue weighted by Crippen LogP contribution is 2.21. The minimum absolute atomic E-state index is 0.130. The van der Waals surface area contributed by atoms with Crippen molar-refractivity contribution < 1.29 is 4.74 Å². The Balaban J connectivity index is 1.68. The Labute approximate surface area is 123 Å². The van der Waals surface area contributed by atoms with Crippen LogP contribution in [0.3, 0.4) is 0 Å². The van der Waals surface area contributed by atoms with E-state index in [0.29, 0.717) is 6.61 Å². The van der Waals surface area contributed by atoms with Crippen molar-refractivity contribution in [2.45, 2.75) is 12.5 Å². The number of benzene rings is 1. The zero-order valence-electron chi connectivity index (χ0n) is 11.1. The smallest absolute Gasteiger partial charge is 0.147 e. The molecule has 1 saturated heterocycles. The van der Waals surface area contributed by atoms with Crippen LogP contribution in [0.2, 0.25) is 5.02 Å². The van der Waals surface area contributed by atoms with E-state index in [1.165, 1.54) is 0 Å². The number of ether oxygens (including phenoxy) is 1. The molecule has 0 amide bonds. The van der Waals surface area contributed by atoms with E-state index in [1.54, 1.807) is 18.6 Å². The van der Waals surface area contributed by atoms with Crippen molar-refractivity contribution in [1.29, 1.82) is 0 Å². The molecule has 1 aromatic heterocycles. The highest BCUT2D eigenvalue weighted by molar-refractivity contribution is 6.31. The zero-order chi connectivity index (χ0) is 13.8. The summed E-state index contributed by atoms with van der Waals surface area (Å²) in [5.74, 6) is 0.903. The third-order valence-corrected chi connectivity index (χ3v) is 3.79. The second-order valence-electron chi connectivity index (χ2n) is 4.80. The van der Waals surface area contributed by atoms with E-state index in [0.717, 1.165) is 35.9 Å². The van der Waals surface area contributed by atoms with Gasteiger partial charge in [-0.25, -0.2) is 4.98 Å². The van der Waals surface area contributed by atoms with Crippen LogP contribution in [-0.4, -0.2) is 35.8 Å². The second-order valence-corrected chi connectivity index (χ2v) is 5.21. The van der Waals surface area contributed by atoms with Gasteiger partial charge in [-0.3, -0.25) is 4.98 Å². The van der Waals surface area contributed by atoms with Gasteiger partial charge in [0.1, 0.15) is 5.82 Å². The lowest BCUT2D eigenvalue weighted by Gasteiger charge is -2.33. The summed E-state index contributed by atoms with van der Waals surface area (Å²) in [6.07, 6.45) is 6.14. The van der Waals surface area contributed by atoms with Crippen molar-refractivity contribution in [3.8, 4) is 0 Å². The van der Waals surface area contributed by atoms with Crippen LogP contribution in [0, 0.1) is 0 Å². The van der Waals surface area contributed by atoms with Crippen LogP contribution in [-0.2, 0) is 11.2 Å².